The second-order valence-corrected chi connectivity index (χ2v) is 6.05. The van der Waals surface area contributed by atoms with E-state index in [1.165, 1.54) is 20.1 Å². The zero-order valence-corrected chi connectivity index (χ0v) is 15.2. The SMILES string of the molecule is COc1ccc(CCC(=O)Nc2ccccc2CN(C)C(C)=O)cc1F. The quantitative estimate of drug-likeness (QED) is 0.825. The molecule has 0 aliphatic carbocycles. The number of aryl methyl sites for hydroxylation is 1. The number of methoxy groups -OCH3 is 1. The number of anilines is 1. The molecule has 2 rings (SSSR count). The molecule has 0 aliphatic rings. The molecule has 2 amide bonds. The van der Waals surface area contributed by atoms with Crippen molar-refractivity contribution in [2.45, 2.75) is 26.3 Å². The van der Waals surface area contributed by atoms with Crippen LogP contribution < -0.4 is 10.1 Å². The van der Waals surface area contributed by atoms with Crippen molar-refractivity contribution < 1.29 is 18.7 Å². The number of hydrogen-bond donors (Lipinski definition) is 1. The van der Waals surface area contributed by atoms with Gasteiger partial charge in [-0.3, -0.25) is 9.59 Å². The molecule has 0 atom stereocenters. The molecule has 2 aromatic rings. The van der Waals surface area contributed by atoms with Crippen LogP contribution in [0.3, 0.4) is 0 Å². The molecule has 0 spiro atoms. The van der Waals surface area contributed by atoms with Crippen molar-refractivity contribution in [3.05, 3.63) is 59.4 Å². The van der Waals surface area contributed by atoms with Crippen molar-refractivity contribution in [2.24, 2.45) is 0 Å². The van der Waals surface area contributed by atoms with E-state index >= 15 is 0 Å². The van der Waals surface area contributed by atoms with Crippen molar-refractivity contribution >= 4 is 17.5 Å². The third-order valence-corrected chi connectivity index (χ3v) is 4.09. The van der Waals surface area contributed by atoms with Crippen molar-refractivity contribution in [2.75, 3.05) is 19.5 Å². The molecule has 26 heavy (non-hydrogen) atoms. The molecule has 0 radical (unpaired) electrons. The molecule has 0 unspecified atom stereocenters. The van der Waals surface area contributed by atoms with E-state index in [1.807, 2.05) is 18.2 Å². The number of ether oxygens (including phenoxy) is 1. The number of carbonyl (C=O) groups is 2. The van der Waals surface area contributed by atoms with Gasteiger partial charge in [-0.1, -0.05) is 24.3 Å². The minimum atomic E-state index is -0.442. The van der Waals surface area contributed by atoms with Crippen LogP contribution in [0.5, 0.6) is 5.75 Å². The minimum absolute atomic E-state index is 0.0485. The van der Waals surface area contributed by atoms with Crippen LogP contribution in [0.15, 0.2) is 42.5 Å². The summed E-state index contributed by atoms with van der Waals surface area (Å²) in [7, 11) is 3.12. The fourth-order valence-corrected chi connectivity index (χ4v) is 2.48. The molecule has 0 aromatic heterocycles. The lowest BCUT2D eigenvalue weighted by Gasteiger charge is -2.18. The van der Waals surface area contributed by atoms with Gasteiger partial charge in [0.25, 0.3) is 0 Å². The van der Waals surface area contributed by atoms with Crippen molar-refractivity contribution in [1.29, 1.82) is 0 Å². The van der Waals surface area contributed by atoms with Gasteiger partial charge in [-0.05, 0) is 35.7 Å². The number of hydrogen-bond acceptors (Lipinski definition) is 3. The van der Waals surface area contributed by atoms with E-state index in [-0.39, 0.29) is 24.0 Å². The Labute approximate surface area is 152 Å². The van der Waals surface area contributed by atoms with Gasteiger partial charge >= 0.3 is 0 Å². The molecule has 0 heterocycles. The zero-order chi connectivity index (χ0) is 19.1. The van der Waals surface area contributed by atoms with Gasteiger partial charge in [0.05, 0.1) is 7.11 Å². The summed E-state index contributed by atoms with van der Waals surface area (Å²) in [5, 5.41) is 2.87. The fraction of sp³-hybridized carbons (Fsp3) is 0.300. The topological polar surface area (TPSA) is 58.6 Å². The predicted octanol–water partition coefficient (Wildman–Crippen LogP) is 3.38. The molecule has 5 nitrogen and oxygen atoms in total. The minimum Gasteiger partial charge on any atom is -0.494 e. The number of rotatable bonds is 7. The lowest BCUT2D eigenvalue weighted by Crippen LogP contribution is -2.24. The van der Waals surface area contributed by atoms with Crippen LogP contribution in [0.25, 0.3) is 0 Å². The van der Waals surface area contributed by atoms with Crippen LogP contribution in [0.4, 0.5) is 10.1 Å². The maximum Gasteiger partial charge on any atom is 0.224 e. The predicted molar refractivity (Wildman–Crippen MR) is 98.5 cm³/mol. The average Bonchev–Trinajstić information content (AvgIpc) is 2.61. The molecule has 2 aromatic carbocycles. The Balaban J connectivity index is 1.97. The Hall–Kier alpha value is -2.89. The Bertz CT molecular complexity index is 792. The highest BCUT2D eigenvalue weighted by Gasteiger charge is 2.11. The summed E-state index contributed by atoms with van der Waals surface area (Å²) in [5.74, 6) is -0.475. The molecule has 0 aliphatic heterocycles. The smallest absolute Gasteiger partial charge is 0.224 e. The first-order valence-electron chi connectivity index (χ1n) is 8.32. The van der Waals surface area contributed by atoms with E-state index in [1.54, 1.807) is 30.1 Å². The first-order valence-corrected chi connectivity index (χ1v) is 8.32. The number of para-hydroxylation sites is 1. The first-order chi connectivity index (χ1) is 12.4. The van der Waals surface area contributed by atoms with Crippen molar-refractivity contribution in [1.82, 2.24) is 4.90 Å². The second kappa shape index (κ2) is 8.99. The average molecular weight is 358 g/mol. The fourth-order valence-electron chi connectivity index (χ4n) is 2.48. The summed E-state index contributed by atoms with van der Waals surface area (Å²) in [6, 6.07) is 12.0. The second-order valence-electron chi connectivity index (χ2n) is 6.05. The van der Waals surface area contributed by atoms with Gasteiger partial charge in [0.2, 0.25) is 11.8 Å². The van der Waals surface area contributed by atoms with E-state index < -0.39 is 5.82 Å². The summed E-state index contributed by atoms with van der Waals surface area (Å²) in [6.45, 7) is 1.91. The third kappa shape index (κ3) is 5.31. The van der Waals surface area contributed by atoms with Gasteiger partial charge in [-0.25, -0.2) is 4.39 Å². The summed E-state index contributed by atoms with van der Waals surface area (Å²) >= 11 is 0. The standard InChI is InChI=1S/C20H23FN2O3/c1-14(24)23(2)13-16-6-4-5-7-18(16)22-20(25)11-9-15-8-10-19(26-3)17(21)12-15/h4-8,10,12H,9,11,13H2,1-3H3,(H,22,25). The molecular weight excluding hydrogens is 335 g/mol. The van der Waals surface area contributed by atoms with E-state index in [0.29, 0.717) is 18.7 Å². The van der Waals surface area contributed by atoms with E-state index in [4.69, 9.17) is 4.74 Å². The maximum atomic E-state index is 13.7. The molecule has 0 saturated heterocycles. The zero-order valence-electron chi connectivity index (χ0n) is 15.2. The van der Waals surface area contributed by atoms with Gasteiger partial charge in [-0.15, -0.1) is 0 Å². The maximum absolute atomic E-state index is 13.7. The number of carbonyl (C=O) groups excluding carboxylic acids is 2. The number of nitrogens with zero attached hydrogens (tertiary/aromatic N) is 1. The van der Waals surface area contributed by atoms with Crippen molar-refractivity contribution in [3.8, 4) is 5.75 Å². The molecule has 0 bridgehead atoms. The monoisotopic (exact) mass is 358 g/mol. The Morgan fingerprint density at radius 3 is 2.58 bits per heavy atom. The van der Waals surface area contributed by atoms with Gasteiger partial charge < -0.3 is 15.0 Å². The lowest BCUT2D eigenvalue weighted by molar-refractivity contribution is -0.128. The first kappa shape index (κ1) is 19.4. The largest absolute Gasteiger partial charge is 0.494 e. The summed E-state index contributed by atoms with van der Waals surface area (Å²) in [4.78, 5) is 25.2. The van der Waals surface area contributed by atoms with Crippen LogP contribution >= 0.6 is 0 Å². The Morgan fingerprint density at radius 1 is 1.19 bits per heavy atom. The number of benzene rings is 2. The highest BCUT2D eigenvalue weighted by atomic mass is 19.1. The highest BCUT2D eigenvalue weighted by Crippen LogP contribution is 2.20. The lowest BCUT2D eigenvalue weighted by atomic mass is 10.1. The van der Waals surface area contributed by atoms with Gasteiger partial charge in [0.1, 0.15) is 0 Å². The van der Waals surface area contributed by atoms with Crippen LogP contribution in [-0.4, -0.2) is 30.9 Å². The third-order valence-electron chi connectivity index (χ3n) is 4.09. The molecule has 0 fully saturated rings. The van der Waals surface area contributed by atoms with Crippen LogP contribution in [0.2, 0.25) is 0 Å². The van der Waals surface area contributed by atoms with E-state index in [2.05, 4.69) is 5.32 Å². The van der Waals surface area contributed by atoms with Crippen LogP contribution in [0.1, 0.15) is 24.5 Å². The molecule has 1 N–H and O–H groups in total. The van der Waals surface area contributed by atoms with Crippen LogP contribution in [-0.2, 0) is 22.6 Å². The molecule has 6 heteroatoms. The number of nitrogens with one attached hydrogen (secondary N) is 1. The molecular formula is C20H23FN2O3. The highest BCUT2D eigenvalue weighted by molar-refractivity contribution is 5.91. The normalized spacial score (nSPS) is 10.3. The van der Waals surface area contributed by atoms with E-state index in [0.717, 1.165) is 11.1 Å². The van der Waals surface area contributed by atoms with Crippen molar-refractivity contribution in [3.63, 3.8) is 0 Å². The summed E-state index contributed by atoms with van der Waals surface area (Å²) < 4.78 is 18.6. The number of halogens is 1. The molecule has 0 saturated carbocycles. The van der Waals surface area contributed by atoms with E-state index in [9.17, 15) is 14.0 Å². The van der Waals surface area contributed by atoms with Crippen LogP contribution in [0, 0.1) is 5.82 Å². The van der Waals surface area contributed by atoms with Gasteiger partial charge in [0.15, 0.2) is 11.6 Å². The summed E-state index contributed by atoms with van der Waals surface area (Å²) in [5.41, 5.74) is 2.25. The Kier molecular flexibility index (Phi) is 6.72. The van der Waals surface area contributed by atoms with Gasteiger partial charge in [0, 0.05) is 32.6 Å². The number of amides is 2. The van der Waals surface area contributed by atoms with Gasteiger partial charge in [-0.2, -0.15) is 0 Å². The molecule has 138 valence electrons. The summed E-state index contributed by atoms with van der Waals surface area (Å²) in [6.07, 6.45) is 0.644. The Morgan fingerprint density at radius 2 is 1.92 bits per heavy atom.